The number of nitrogens with zero attached hydrogens (tertiary/aromatic N) is 7. The van der Waals surface area contributed by atoms with Crippen LogP contribution in [0.15, 0.2) is 516 Å². The summed E-state index contributed by atoms with van der Waals surface area (Å²) in [5, 5.41) is 29.3. The first-order valence-electron chi connectivity index (χ1n) is 49.7. The maximum atomic E-state index is 7.66. The van der Waals surface area contributed by atoms with E-state index in [2.05, 4.69) is 476 Å². The molecule has 680 valence electrons. The summed E-state index contributed by atoms with van der Waals surface area (Å²) >= 11 is 0. The molecule has 0 aliphatic heterocycles. The van der Waals surface area contributed by atoms with Crippen LogP contribution in [-0.4, -0.2) is 18.7 Å². The molecule has 0 aliphatic carbocycles. The monoisotopic (exact) mass is 1860 g/mol. The van der Waals surface area contributed by atoms with Gasteiger partial charge in [0, 0.05) is 51.2 Å². The summed E-state index contributed by atoms with van der Waals surface area (Å²) in [6, 6.07) is 180. The van der Waals surface area contributed by atoms with Crippen molar-refractivity contribution in [2.75, 3.05) is 0 Å². The molecule has 7 nitrogen and oxygen atoms in total. The van der Waals surface area contributed by atoms with E-state index >= 15 is 0 Å². The van der Waals surface area contributed by atoms with E-state index in [1.54, 1.807) is 0 Å². The van der Waals surface area contributed by atoms with Crippen molar-refractivity contribution >= 4 is 179 Å². The highest BCUT2D eigenvalue weighted by Crippen LogP contribution is 2.49. The quantitative estimate of drug-likeness (QED) is 0.0940. The Kier molecular flexibility index (Phi) is 21.0. The van der Waals surface area contributed by atoms with Crippen LogP contribution in [0.1, 0.15) is 0 Å². The van der Waals surface area contributed by atoms with Crippen LogP contribution >= 0.6 is 0 Å². The largest absolute Gasteiger partial charge is 0.309 e. The van der Waals surface area contributed by atoms with Crippen LogP contribution in [0, 0.1) is 19.7 Å². The first-order valence-corrected chi connectivity index (χ1v) is 49.7. The molecule has 29 aromatic rings. The Hall–Kier alpha value is -20.1. The molecule has 0 saturated carbocycles. The lowest BCUT2D eigenvalue weighted by Gasteiger charge is -2.16. The zero-order chi connectivity index (χ0) is 97.7. The number of para-hydroxylation sites is 3. The Balaban J connectivity index is 0.000000109. The van der Waals surface area contributed by atoms with Crippen molar-refractivity contribution in [1.82, 2.24) is 18.7 Å². The van der Waals surface area contributed by atoms with Gasteiger partial charge in [0.1, 0.15) is 0 Å². The second-order valence-electron chi connectivity index (χ2n) is 37.9. The molecule has 0 bridgehead atoms. The van der Waals surface area contributed by atoms with Gasteiger partial charge in [0.25, 0.3) is 0 Å². The number of hydrogen-bond acceptors (Lipinski definition) is 1. The number of hydrogen-bond donors (Lipinski definition) is 0. The molecule has 0 fully saturated rings. The van der Waals surface area contributed by atoms with E-state index in [0.29, 0.717) is 17.1 Å². The minimum absolute atomic E-state index is 0.646. The molecule has 25 aromatic carbocycles. The predicted octanol–water partition coefficient (Wildman–Crippen LogP) is 39.1. The average molecular weight is 1870 g/mol. The van der Waals surface area contributed by atoms with Gasteiger partial charge >= 0.3 is 0 Å². The van der Waals surface area contributed by atoms with Gasteiger partial charge in [0.2, 0.25) is 0 Å². The standard InChI is InChI=1S/C49H30N2.C48H29N3.C43H26N2/c1-50-36-25-27-49-47(29-36)46-28-35(24-26-48(46)51(49)37-14-6-3-7-15-37)32-20-22-34(23-21-32)43-31-45-40-18-10-8-16-38(40)42(33-12-4-2-5-13-33)30-44(45)41-19-11-9-17-39(41)43;1-49-35-22-24-48-46(27-35)45-26-33(21-23-47(45)51(48)36-11-3-2-4-12-36)31-17-19-32(20-18-31)41-28-43-40-16-8-6-14-38(40)42(34-10-9-25-50-30-34)29-44(43)39-15-7-5-13-37(39)41;1-44-32-21-24-43-41(26-32)40-25-31(20-23-42(40)45(43)33-10-3-2-4-11-33)28-15-17-30(18-16-28)38-27-39-34-12-6-5-9-29(34)19-22-37(39)35-13-7-8-14-36(35)38/h2-31H;2-30H;2-27H. The van der Waals surface area contributed by atoms with E-state index in [9.17, 15) is 0 Å². The summed E-state index contributed by atoms with van der Waals surface area (Å²) in [4.78, 5) is 15.6. The lowest BCUT2D eigenvalue weighted by molar-refractivity contribution is 1.18. The Morgan fingerprint density at radius 1 is 0.150 bits per heavy atom. The molecule has 0 unspecified atom stereocenters. The topological polar surface area (TPSA) is 40.8 Å². The second-order valence-corrected chi connectivity index (χ2v) is 37.9. The van der Waals surface area contributed by atoms with Crippen molar-refractivity contribution in [3.05, 3.63) is 550 Å². The Morgan fingerprint density at radius 3 is 0.694 bits per heavy atom. The molecular weight excluding hydrogens is 1780 g/mol. The zero-order valence-corrected chi connectivity index (χ0v) is 79.7. The van der Waals surface area contributed by atoms with Gasteiger partial charge in [-0.1, -0.05) is 358 Å². The van der Waals surface area contributed by atoms with Gasteiger partial charge in [-0.25, -0.2) is 14.5 Å². The van der Waals surface area contributed by atoms with Gasteiger partial charge in [0.15, 0.2) is 17.1 Å². The van der Waals surface area contributed by atoms with E-state index in [0.717, 1.165) is 121 Å². The third-order valence-corrected chi connectivity index (χ3v) is 29.9. The van der Waals surface area contributed by atoms with Crippen molar-refractivity contribution in [2.45, 2.75) is 0 Å². The van der Waals surface area contributed by atoms with Crippen LogP contribution in [0.4, 0.5) is 17.1 Å². The fourth-order valence-electron chi connectivity index (χ4n) is 23.0. The van der Waals surface area contributed by atoms with Gasteiger partial charge in [-0.2, -0.15) is 0 Å². The summed E-state index contributed by atoms with van der Waals surface area (Å²) in [6.45, 7) is 22.9. The molecule has 0 saturated heterocycles. The zero-order valence-electron chi connectivity index (χ0n) is 79.7. The van der Waals surface area contributed by atoms with Gasteiger partial charge in [-0.15, -0.1) is 0 Å². The molecule has 29 rings (SSSR count). The van der Waals surface area contributed by atoms with Gasteiger partial charge in [-0.05, 0) is 342 Å². The van der Waals surface area contributed by atoms with Crippen molar-refractivity contribution in [3.8, 4) is 106 Å². The normalized spacial score (nSPS) is 11.5. The van der Waals surface area contributed by atoms with E-state index in [-0.39, 0.29) is 0 Å². The number of fused-ring (bicyclic) bond motifs is 24. The van der Waals surface area contributed by atoms with Gasteiger partial charge < -0.3 is 13.7 Å². The van der Waals surface area contributed by atoms with Crippen LogP contribution in [0.3, 0.4) is 0 Å². The van der Waals surface area contributed by atoms with E-state index in [1.807, 2.05) is 73.1 Å². The molecule has 7 heteroatoms. The minimum atomic E-state index is 0.646. The van der Waals surface area contributed by atoms with E-state index in [1.165, 1.54) is 147 Å². The lowest BCUT2D eigenvalue weighted by atomic mass is 9.87. The number of pyridine rings is 1. The van der Waals surface area contributed by atoms with Gasteiger partial charge in [0.05, 0.1) is 52.8 Å². The van der Waals surface area contributed by atoms with Gasteiger partial charge in [-0.3, -0.25) is 4.98 Å². The van der Waals surface area contributed by atoms with Crippen LogP contribution in [0.5, 0.6) is 0 Å². The molecule has 4 aromatic heterocycles. The van der Waals surface area contributed by atoms with Crippen LogP contribution in [-0.2, 0) is 0 Å². The minimum Gasteiger partial charge on any atom is -0.309 e. The van der Waals surface area contributed by atoms with Crippen LogP contribution in [0.2, 0.25) is 0 Å². The molecule has 147 heavy (non-hydrogen) atoms. The number of aromatic nitrogens is 4. The molecule has 0 amide bonds. The lowest BCUT2D eigenvalue weighted by Crippen LogP contribution is -1.92. The van der Waals surface area contributed by atoms with E-state index in [4.69, 9.17) is 19.7 Å². The predicted molar refractivity (Wildman–Crippen MR) is 620 cm³/mol. The molecular formula is C140H85N7. The average Bonchev–Trinajstić information content (AvgIpc) is 1.46. The van der Waals surface area contributed by atoms with Crippen molar-refractivity contribution < 1.29 is 0 Å². The summed E-state index contributed by atoms with van der Waals surface area (Å²) < 4.78 is 6.88. The highest BCUT2D eigenvalue weighted by atomic mass is 15.0. The van der Waals surface area contributed by atoms with Crippen molar-refractivity contribution in [3.63, 3.8) is 0 Å². The second kappa shape index (κ2) is 35.9. The maximum Gasteiger partial charge on any atom is 0.188 e. The smallest absolute Gasteiger partial charge is 0.188 e. The third kappa shape index (κ3) is 14.8. The fraction of sp³-hybridized carbons (Fsp3) is 0. The number of benzene rings is 25. The maximum absolute atomic E-state index is 7.66. The summed E-state index contributed by atoms with van der Waals surface area (Å²) in [5.74, 6) is 0. The Bertz CT molecular complexity index is 10100. The Morgan fingerprint density at radius 2 is 0.381 bits per heavy atom. The van der Waals surface area contributed by atoms with Crippen molar-refractivity contribution in [2.24, 2.45) is 0 Å². The molecule has 0 N–H and O–H groups in total. The Labute approximate surface area is 848 Å². The third-order valence-electron chi connectivity index (χ3n) is 29.9. The highest BCUT2D eigenvalue weighted by Gasteiger charge is 2.24. The SMILES string of the molecule is [C-]#[N+]c1ccc2c(c1)c1cc(-c3ccc(-c4cc5c6ccccc6c(-c6ccccc6)cc5c5ccccc45)cc3)ccc1n2-c1ccccc1.[C-]#[N+]c1ccc2c(c1)c1cc(-c3ccc(-c4cc5c6ccccc6c(-c6cccnc6)cc5c5ccccc45)cc3)ccc1n2-c1ccccc1.[C-]#[N+]c1ccc2c(c1)c1cc(-c3ccc(-c4cc5c6ccccc6ccc5c5ccccc45)cc3)ccc1n2-c1ccccc1. The summed E-state index contributed by atoms with van der Waals surface area (Å²) in [6.07, 6.45) is 3.78. The first kappa shape index (κ1) is 86.0. The molecule has 0 aliphatic rings. The molecule has 0 radical (unpaired) electrons. The molecule has 0 spiro atoms. The molecule has 0 atom stereocenters. The molecule has 4 heterocycles. The fourth-order valence-corrected chi connectivity index (χ4v) is 23.0. The van der Waals surface area contributed by atoms with Crippen LogP contribution in [0.25, 0.3) is 283 Å². The summed E-state index contributed by atoms with van der Waals surface area (Å²) in [5.41, 5.74) is 31.0. The first-order chi connectivity index (χ1) is 72.8. The van der Waals surface area contributed by atoms with Crippen LogP contribution < -0.4 is 0 Å². The highest BCUT2D eigenvalue weighted by molar-refractivity contribution is 6.27. The summed E-state index contributed by atoms with van der Waals surface area (Å²) in [7, 11) is 0. The van der Waals surface area contributed by atoms with E-state index < -0.39 is 0 Å². The number of rotatable bonds is 11. The van der Waals surface area contributed by atoms with Crippen molar-refractivity contribution in [1.29, 1.82) is 0 Å².